The van der Waals surface area contributed by atoms with E-state index in [0.717, 1.165) is 0 Å². The standard InChI is InChI=1S/C21H17BrFN3O3S/c22-15-8-9-16(18(23)13-15)19(14-5-2-1-3-6-14)24-21(27)17-7-4-10-26-11-12-30(28,29)25-20(17)26/h1-10,13,19H,11-12H2,(H,24,27). The third kappa shape index (κ3) is 4.22. The van der Waals surface area contributed by atoms with Gasteiger partial charge >= 0.3 is 0 Å². The Bertz CT molecular complexity index is 1190. The van der Waals surface area contributed by atoms with E-state index in [2.05, 4.69) is 25.6 Å². The number of sulfonamides is 1. The van der Waals surface area contributed by atoms with Gasteiger partial charge in [0.25, 0.3) is 15.9 Å². The Morgan fingerprint density at radius 1 is 1.20 bits per heavy atom. The van der Waals surface area contributed by atoms with Gasteiger partial charge in [0, 0.05) is 22.8 Å². The van der Waals surface area contributed by atoms with Gasteiger partial charge in [0.2, 0.25) is 0 Å². The van der Waals surface area contributed by atoms with Crippen LogP contribution in [-0.2, 0) is 14.8 Å². The molecule has 0 aromatic heterocycles. The highest BCUT2D eigenvalue weighted by molar-refractivity contribution is 9.10. The monoisotopic (exact) mass is 489 g/mol. The summed E-state index contributed by atoms with van der Waals surface area (Å²) in [5, 5.41) is 2.84. The molecular formula is C21H17BrFN3O3S. The number of carbonyl (C=O) groups excluding carboxylic acids is 1. The summed E-state index contributed by atoms with van der Waals surface area (Å²) in [6, 6.07) is 12.9. The second-order valence-corrected chi connectivity index (χ2v) is 9.47. The lowest BCUT2D eigenvalue weighted by Gasteiger charge is -2.29. The quantitative estimate of drug-likeness (QED) is 0.714. The number of benzene rings is 2. The molecule has 2 aliphatic rings. The molecule has 0 saturated heterocycles. The van der Waals surface area contributed by atoms with Crippen LogP contribution in [0.3, 0.4) is 0 Å². The van der Waals surface area contributed by atoms with Crippen molar-refractivity contribution in [1.82, 2.24) is 10.2 Å². The Hall–Kier alpha value is -2.78. The van der Waals surface area contributed by atoms with Crippen LogP contribution in [0.1, 0.15) is 17.2 Å². The van der Waals surface area contributed by atoms with Crippen molar-refractivity contribution in [2.24, 2.45) is 4.40 Å². The molecule has 2 aliphatic heterocycles. The molecule has 1 amide bonds. The number of hydrogen-bond acceptors (Lipinski definition) is 4. The predicted molar refractivity (Wildman–Crippen MR) is 116 cm³/mol. The van der Waals surface area contributed by atoms with Gasteiger partial charge < -0.3 is 10.2 Å². The maximum absolute atomic E-state index is 14.7. The first-order valence-corrected chi connectivity index (χ1v) is 11.5. The van der Waals surface area contributed by atoms with Gasteiger partial charge in [-0.15, -0.1) is 4.40 Å². The summed E-state index contributed by atoms with van der Waals surface area (Å²) in [6.45, 7) is 0.214. The number of nitrogens with zero attached hydrogens (tertiary/aromatic N) is 2. The van der Waals surface area contributed by atoms with Crippen molar-refractivity contribution in [3.63, 3.8) is 0 Å². The number of carbonyl (C=O) groups is 1. The summed E-state index contributed by atoms with van der Waals surface area (Å²) in [6.07, 6.45) is 4.84. The summed E-state index contributed by atoms with van der Waals surface area (Å²) in [5.74, 6) is -1.07. The summed E-state index contributed by atoms with van der Waals surface area (Å²) < 4.78 is 43.0. The Kier molecular flexibility index (Phi) is 5.57. The second-order valence-electron chi connectivity index (χ2n) is 6.80. The highest BCUT2D eigenvalue weighted by atomic mass is 79.9. The molecular weight excluding hydrogens is 473 g/mol. The Balaban J connectivity index is 1.71. The number of amides is 1. The summed E-state index contributed by atoms with van der Waals surface area (Å²) in [4.78, 5) is 14.8. The molecule has 1 N–H and O–H groups in total. The highest BCUT2D eigenvalue weighted by Gasteiger charge is 2.31. The summed E-state index contributed by atoms with van der Waals surface area (Å²) >= 11 is 3.24. The normalized spacial score (nSPS) is 18.1. The molecule has 0 saturated carbocycles. The van der Waals surface area contributed by atoms with Crippen LogP contribution in [0.5, 0.6) is 0 Å². The number of amidine groups is 1. The van der Waals surface area contributed by atoms with E-state index >= 15 is 0 Å². The van der Waals surface area contributed by atoms with Gasteiger partial charge in [-0.1, -0.05) is 52.3 Å². The van der Waals surface area contributed by atoms with Crippen molar-refractivity contribution >= 4 is 37.7 Å². The van der Waals surface area contributed by atoms with Crippen molar-refractivity contribution in [2.75, 3.05) is 12.3 Å². The average molecular weight is 490 g/mol. The van der Waals surface area contributed by atoms with E-state index < -0.39 is 27.8 Å². The number of halogens is 2. The Labute approximate surface area is 182 Å². The minimum absolute atomic E-state index is 0.0735. The molecule has 2 heterocycles. The van der Waals surface area contributed by atoms with E-state index in [0.29, 0.717) is 15.6 Å². The second kappa shape index (κ2) is 8.16. The Morgan fingerprint density at radius 2 is 1.97 bits per heavy atom. The molecule has 1 atom stereocenters. The number of hydrogen-bond donors (Lipinski definition) is 1. The predicted octanol–water partition coefficient (Wildman–Crippen LogP) is 3.29. The largest absolute Gasteiger partial charge is 0.341 e. The van der Waals surface area contributed by atoms with Gasteiger partial charge in [0.15, 0.2) is 5.84 Å². The lowest BCUT2D eigenvalue weighted by atomic mass is 9.97. The molecule has 0 bridgehead atoms. The SMILES string of the molecule is O=C(NC(c1ccccc1)c1ccc(Br)cc1F)C1=CC=CN2CCS(=O)(=O)N=C12. The fourth-order valence-corrected chi connectivity index (χ4v) is 4.64. The first-order valence-electron chi connectivity index (χ1n) is 9.13. The molecule has 30 heavy (non-hydrogen) atoms. The van der Waals surface area contributed by atoms with Gasteiger partial charge in [-0.05, 0) is 29.8 Å². The molecule has 4 rings (SSSR count). The Morgan fingerprint density at radius 3 is 2.70 bits per heavy atom. The first kappa shape index (κ1) is 20.5. The van der Waals surface area contributed by atoms with E-state index in [-0.39, 0.29) is 23.7 Å². The minimum Gasteiger partial charge on any atom is -0.341 e. The van der Waals surface area contributed by atoms with Crippen molar-refractivity contribution in [3.05, 3.63) is 93.9 Å². The average Bonchev–Trinajstić information content (AvgIpc) is 2.72. The fraction of sp³-hybridized carbons (Fsp3) is 0.143. The third-order valence-electron chi connectivity index (χ3n) is 4.78. The van der Waals surface area contributed by atoms with Crippen LogP contribution in [0.25, 0.3) is 0 Å². The lowest BCUT2D eigenvalue weighted by Crippen LogP contribution is -2.43. The van der Waals surface area contributed by atoms with Crippen LogP contribution >= 0.6 is 15.9 Å². The van der Waals surface area contributed by atoms with Crippen LogP contribution < -0.4 is 5.32 Å². The van der Waals surface area contributed by atoms with E-state index in [1.54, 1.807) is 53.6 Å². The van der Waals surface area contributed by atoms with Crippen LogP contribution in [0.2, 0.25) is 0 Å². The van der Waals surface area contributed by atoms with Crippen LogP contribution in [0.15, 0.2) is 81.3 Å². The maximum atomic E-state index is 14.7. The lowest BCUT2D eigenvalue weighted by molar-refractivity contribution is -0.117. The van der Waals surface area contributed by atoms with Crippen molar-refractivity contribution in [2.45, 2.75) is 6.04 Å². The van der Waals surface area contributed by atoms with E-state index in [9.17, 15) is 17.6 Å². The van der Waals surface area contributed by atoms with Gasteiger partial charge in [0.1, 0.15) is 5.82 Å². The summed E-state index contributed by atoms with van der Waals surface area (Å²) in [5.41, 5.74) is 1.09. The molecule has 0 radical (unpaired) electrons. The highest BCUT2D eigenvalue weighted by Crippen LogP contribution is 2.28. The van der Waals surface area contributed by atoms with Crippen molar-refractivity contribution in [1.29, 1.82) is 0 Å². The zero-order chi connectivity index (χ0) is 21.3. The molecule has 6 nitrogen and oxygen atoms in total. The molecule has 0 aliphatic carbocycles. The smallest absolute Gasteiger partial charge is 0.256 e. The number of rotatable bonds is 4. The van der Waals surface area contributed by atoms with Crippen LogP contribution in [0, 0.1) is 5.82 Å². The molecule has 2 aromatic rings. The first-order chi connectivity index (χ1) is 14.3. The fourth-order valence-electron chi connectivity index (χ4n) is 3.32. The van der Waals surface area contributed by atoms with Gasteiger partial charge in [-0.3, -0.25) is 4.79 Å². The summed E-state index contributed by atoms with van der Waals surface area (Å²) in [7, 11) is -3.64. The maximum Gasteiger partial charge on any atom is 0.256 e. The molecule has 154 valence electrons. The van der Waals surface area contributed by atoms with Crippen LogP contribution in [-0.4, -0.2) is 37.4 Å². The van der Waals surface area contributed by atoms with E-state index in [1.165, 1.54) is 12.1 Å². The van der Waals surface area contributed by atoms with E-state index in [1.807, 2.05) is 6.07 Å². The van der Waals surface area contributed by atoms with Gasteiger partial charge in [-0.2, -0.15) is 0 Å². The van der Waals surface area contributed by atoms with Crippen LogP contribution in [0.4, 0.5) is 4.39 Å². The topological polar surface area (TPSA) is 78.8 Å². The molecule has 0 fully saturated rings. The van der Waals surface area contributed by atoms with E-state index in [4.69, 9.17) is 0 Å². The zero-order valence-corrected chi connectivity index (χ0v) is 18.0. The molecule has 9 heteroatoms. The van der Waals surface area contributed by atoms with Gasteiger partial charge in [-0.25, -0.2) is 12.8 Å². The number of nitrogens with one attached hydrogen (secondary N) is 1. The molecule has 1 unspecified atom stereocenters. The molecule has 0 spiro atoms. The minimum atomic E-state index is -3.64. The van der Waals surface area contributed by atoms with Gasteiger partial charge in [0.05, 0.1) is 17.4 Å². The zero-order valence-electron chi connectivity index (χ0n) is 15.6. The third-order valence-corrected chi connectivity index (χ3v) is 6.43. The van der Waals surface area contributed by atoms with Crippen molar-refractivity contribution < 1.29 is 17.6 Å². The molecule has 2 aromatic carbocycles. The van der Waals surface area contributed by atoms with Crippen molar-refractivity contribution in [3.8, 4) is 0 Å². The number of allylic oxidation sites excluding steroid dienone is 2. The number of fused-ring (bicyclic) bond motifs is 1.